The van der Waals surface area contributed by atoms with Gasteiger partial charge in [-0.05, 0) is 50.7 Å². The lowest BCUT2D eigenvalue weighted by molar-refractivity contribution is -0.122. The van der Waals surface area contributed by atoms with Crippen molar-refractivity contribution >= 4 is 18.3 Å². The second kappa shape index (κ2) is 9.30. The summed E-state index contributed by atoms with van der Waals surface area (Å²) >= 11 is 0. The van der Waals surface area contributed by atoms with Crippen molar-refractivity contribution in [3.05, 3.63) is 24.3 Å². The highest BCUT2D eigenvalue weighted by atomic mass is 35.5. The molecule has 0 saturated carbocycles. The average molecular weight is 369 g/mol. The van der Waals surface area contributed by atoms with Gasteiger partial charge in [0.05, 0.1) is 13.7 Å². The normalized spacial score (nSPS) is 25.6. The monoisotopic (exact) mass is 368 g/mol. The number of carbonyl (C=O) groups excluding carboxylic acids is 1. The molecule has 2 heterocycles. The summed E-state index contributed by atoms with van der Waals surface area (Å²) in [5.74, 6) is 2.19. The van der Waals surface area contributed by atoms with Crippen LogP contribution in [0.5, 0.6) is 11.5 Å². The van der Waals surface area contributed by atoms with E-state index in [2.05, 4.69) is 10.6 Å². The maximum atomic E-state index is 12.2. The SMILES string of the molecule is COc1cccc(OC(C)CNC(=O)CC2CC3CCC(C2)N3)c1.Cl. The Morgan fingerprint density at radius 3 is 2.64 bits per heavy atom. The minimum atomic E-state index is -0.0785. The number of halogens is 1. The zero-order valence-corrected chi connectivity index (χ0v) is 15.8. The Hall–Kier alpha value is -1.46. The molecular weight excluding hydrogens is 340 g/mol. The van der Waals surface area contributed by atoms with Crippen LogP contribution in [-0.4, -0.2) is 37.7 Å². The number of rotatable bonds is 7. The maximum absolute atomic E-state index is 12.2. The first kappa shape index (κ1) is 19.9. The number of fused-ring (bicyclic) bond motifs is 2. The minimum Gasteiger partial charge on any atom is -0.497 e. The van der Waals surface area contributed by atoms with E-state index in [1.807, 2.05) is 31.2 Å². The molecule has 2 N–H and O–H groups in total. The van der Waals surface area contributed by atoms with Gasteiger partial charge in [0, 0.05) is 24.6 Å². The Morgan fingerprint density at radius 1 is 1.28 bits per heavy atom. The molecule has 5 nitrogen and oxygen atoms in total. The van der Waals surface area contributed by atoms with E-state index in [-0.39, 0.29) is 24.4 Å². The molecule has 0 aromatic heterocycles. The molecule has 0 radical (unpaired) electrons. The Labute approximate surface area is 156 Å². The Kier molecular flexibility index (Phi) is 7.38. The summed E-state index contributed by atoms with van der Waals surface area (Å²) in [6.07, 6.45) is 5.38. The minimum absolute atomic E-state index is 0. The zero-order valence-electron chi connectivity index (χ0n) is 15.0. The number of carbonyl (C=O) groups is 1. The van der Waals surface area contributed by atoms with Crippen molar-refractivity contribution in [2.45, 2.75) is 57.2 Å². The molecule has 3 rings (SSSR count). The maximum Gasteiger partial charge on any atom is 0.220 e. The first-order valence-corrected chi connectivity index (χ1v) is 8.96. The van der Waals surface area contributed by atoms with Crippen LogP contribution in [0.15, 0.2) is 24.3 Å². The van der Waals surface area contributed by atoms with E-state index >= 15 is 0 Å². The molecule has 2 aliphatic rings. The molecule has 3 unspecified atom stereocenters. The molecule has 25 heavy (non-hydrogen) atoms. The van der Waals surface area contributed by atoms with Crippen LogP contribution in [0.3, 0.4) is 0 Å². The first-order chi connectivity index (χ1) is 11.6. The van der Waals surface area contributed by atoms with Gasteiger partial charge in [0.2, 0.25) is 5.91 Å². The van der Waals surface area contributed by atoms with Gasteiger partial charge in [-0.3, -0.25) is 4.79 Å². The highest BCUT2D eigenvalue weighted by molar-refractivity contribution is 5.85. The predicted octanol–water partition coefficient (Wildman–Crippen LogP) is 2.92. The molecular formula is C19H29ClN2O3. The molecule has 2 bridgehead atoms. The van der Waals surface area contributed by atoms with Crippen LogP contribution in [0.2, 0.25) is 0 Å². The van der Waals surface area contributed by atoms with Crippen LogP contribution in [0.25, 0.3) is 0 Å². The number of hydrogen-bond donors (Lipinski definition) is 2. The summed E-state index contributed by atoms with van der Waals surface area (Å²) in [6, 6.07) is 8.79. The van der Waals surface area contributed by atoms with Gasteiger partial charge in [-0.25, -0.2) is 0 Å². The summed E-state index contributed by atoms with van der Waals surface area (Å²) in [5, 5.41) is 6.63. The van der Waals surface area contributed by atoms with Gasteiger partial charge in [-0.2, -0.15) is 0 Å². The number of nitrogens with one attached hydrogen (secondary N) is 2. The van der Waals surface area contributed by atoms with Gasteiger partial charge >= 0.3 is 0 Å². The lowest BCUT2D eigenvalue weighted by Crippen LogP contribution is -2.40. The summed E-state index contributed by atoms with van der Waals surface area (Å²) < 4.78 is 11.0. The molecule has 140 valence electrons. The molecule has 2 aliphatic heterocycles. The highest BCUT2D eigenvalue weighted by Crippen LogP contribution is 2.32. The second-order valence-corrected chi connectivity index (χ2v) is 7.09. The van der Waals surface area contributed by atoms with E-state index in [1.165, 1.54) is 12.8 Å². The third-order valence-corrected chi connectivity index (χ3v) is 5.01. The fourth-order valence-corrected chi connectivity index (χ4v) is 3.88. The number of benzene rings is 1. The quantitative estimate of drug-likeness (QED) is 0.776. The van der Waals surface area contributed by atoms with Crippen molar-refractivity contribution in [1.29, 1.82) is 0 Å². The van der Waals surface area contributed by atoms with E-state index < -0.39 is 0 Å². The lowest BCUT2D eigenvalue weighted by atomic mass is 9.89. The topological polar surface area (TPSA) is 59.6 Å². The summed E-state index contributed by atoms with van der Waals surface area (Å²) in [5.41, 5.74) is 0. The summed E-state index contributed by atoms with van der Waals surface area (Å²) in [4.78, 5) is 12.2. The molecule has 2 saturated heterocycles. The number of amides is 1. The summed E-state index contributed by atoms with van der Waals surface area (Å²) in [7, 11) is 1.63. The van der Waals surface area contributed by atoms with Crippen molar-refractivity contribution in [3.8, 4) is 11.5 Å². The van der Waals surface area contributed by atoms with E-state index in [0.29, 0.717) is 31.0 Å². The molecule has 1 amide bonds. The number of hydrogen-bond acceptors (Lipinski definition) is 4. The number of piperidine rings is 1. The molecule has 0 spiro atoms. The Balaban J connectivity index is 0.00000225. The van der Waals surface area contributed by atoms with Crippen LogP contribution >= 0.6 is 12.4 Å². The van der Waals surface area contributed by atoms with Gasteiger partial charge in [-0.15, -0.1) is 12.4 Å². The van der Waals surface area contributed by atoms with Crippen LogP contribution in [0.1, 0.15) is 39.0 Å². The van der Waals surface area contributed by atoms with Gasteiger partial charge < -0.3 is 20.1 Å². The van der Waals surface area contributed by atoms with E-state index in [9.17, 15) is 4.79 Å². The van der Waals surface area contributed by atoms with Gasteiger partial charge in [-0.1, -0.05) is 6.07 Å². The summed E-state index contributed by atoms with van der Waals surface area (Å²) in [6.45, 7) is 2.48. The lowest BCUT2D eigenvalue weighted by Gasteiger charge is -2.28. The first-order valence-electron chi connectivity index (χ1n) is 8.96. The fraction of sp³-hybridized carbons (Fsp3) is 0.632. The van der Waals surface area contributed by atoms with Gasteiger partial charge in [0.1, 0.15) is 17.6 Å². The van der Waals surface area contributed by atoms with E-state index in [1.54, 1.807) is 7.11 Å². The van der Waals surface area contributed by atoms with Crippen LogP contribution in [0.4, 0.5) is 0 Å². The number of ether oxygens (including phenoxy) is 2. The van der Waals surface area contributed by atoms with Crippen LogP contribution in [0, 0.1) is 5.92 Å². The second-order valence-electron chi connectivity index (χ2n) is 7.09. The van der Waals surface area contributed by atoms with Gasteiger partial charge in [0.25, 0.3) is 0 Å². The van der Waals surface area contributed by atoms with Crippen LogP contribution < -0.4 is 20.1 Å². The molecule has 2 fully saturated rings. The van der Waals surface area contributed by atoms with Crippen molar-refractivity contribution in [3.63, 3.8) is 0 Å². The molecule has 0 aliphatic carbocycles. The van der Waals surface area contributed by atoms with Crippen LogP contribution in [-0.2, 0) is 4.79 Å². The zero-order chi connectivity index (χ0) is 16.9. The van der Waals surface area contributed by atoms with Crippen molar-refractivity contribution in [2.75, 3.05) is 13.7 Å². The Bertz CT molecular complexity index is 557. The van der Waals surface area contributed by atoms with E-state index in [0.717, 1.165) is 24.3 Å². The number of methoxy groups -OCH3 is 1. The molecule has 1 aromatic rings. The van der Waals surface area contributed by atoms with Crippen molar-refractivity contribution in [2.24, 2.45) is 5.92 Å². The average Bonchev–Trinajstić information content (AvgIpc) is 2.92. The molecule has 6 heteroatoms. The predicted molar refractivity (Wildman–Crippen MR) is 101 cm³/mol. The standard InChI is InChI=1S/C19H28N2O3.ClH/c1-13(24-18-5-3-4-17(11-18)23-2)12-20-19(22)10-14-8-15-6-7-16(9-14)21-15;/h3-5,11,13-16,21H,6-10,12H2,1-2H3,(H,20,22);1H. The van der Waals surface area contributed by atoms with Crippen molar-refractivity contribution < 1.29 is 14.3 Å². The van der Waals surface area contributed by atoms with E-state index in [4.69, 9.17) is 9.47 Å². The smallest absolute Gasteiger partial charge is 0.220 e. The Morgan fingerprint density at radius 2 is 1.96 bits per heavy atom. The third kappa shape index (κ3) is 5.79. The fourth-order valence-electron chi connectivity index (χ4n) is 3.88. The highest BCUT2D eigenvalue weighted by Gasteiger charge is 2.34. The van der Waals surface area contributed by atoms with Crippen molar-refractivity contribution in [1.82, 2.24) is 10.6 Å². The van der Waals surface area contributed by atoms with Gasteiger partial charge in [0.15, 0.2) is 0 Å². The molecule has 1 aromatic carbocycles. The molecule has 3 atom stereocenters. The third-order valence-electron chi connectivity index (χ3n) is 5.01. The largest absolute Gasteiger partial charge is 0.497 e.